The van der Waals surface area contributed by atoms with Crippen LogP contribution in [0, 0.1) is 0 Å². The second kappa shape index (κ2) is 10.3. The van der Waals surface area contributed by atoms with E-state index in [9.17, 15) is 14.4 Å². The van der Waals surface area contributed by atoms with Crippen molar-refractivity contribution in [1.29, 1.82) is 0 Å². The number of carboxylic acids is 2. The van der Waals surface area contributed by atoms with E-state index in [4.69, 9.17) is 10.2 Å². The van der Waals surface area contributed by atoms with Crippen LogP contribution in [0.2, 0.25) is 0 Å². The number of hydrogen-bond donors (Lipinski definition) is 2. The normalized spacial score (nSPS) is 11.3. The summed E-state index contributed by atoms with van der Waals surface area (Å²) in [7, 11) is 3.79. The maximum atomic E-state index is 11.1. The molecule has 0 aliphatic heterocycles. The molecular weight excluding hydrogens is 278 g/mol. The van der Waals surface area contributed by atoms with Crippen molar-refractivity contribution >= 4 is 17.7 Å². The maximum Gasteiger partial charge on any atom is 0.317 e. The molecule has 0 atom stereocenters. The number of hydrogen-bond acceptors (Lipinski definition) is 6. The third-order valence-electron chi connectivity index (χ3n) is 2.76. The second-order valence-electron chi connectivity index (χ2n) is 5.28. The van der Waals surface area contributed by atoms with Gasteiger partial charge in [0.05, 0.1) is 19.6 Å². The zero-order valence-corrected chi connectivity index (χ0v) is 12.9. The molecular formula is C13H25N3O5. The van der Waals surface area contributed by atoms with Crippen LogP contribution >= 0.6 is 0 Å². The number of carboxylic acid groups (broad SMARTS) is 2. The number of likely N-dealkylation sites (N-methyl/N-ethyl adjacent to an activating group) is 1. The van der Waals surface area contributed by atoms with Crippen LogP contribution in [0.1, 0.15) is 6.92 Å². The van der Waals surface area contributed by atoms with Crippen molar-refractivity contribution < 1.29 is 24.6 Å². The van der Waals surface area contributed by atoms with Gasteiger partial charge in [-0.1, -0.05) is 0 Å². The molecule has 0 radical (unpaired) electrons. The van der Waals surface area contributed by atoms with Crippen molar-refractivity contribution in [3.8, 4) is 0 Å². The summed E-state index contributed by atoms with van der Waals surface area (Å²) in [6.07, 6.45) is 0. The number of Topliss-reactive ketones (excluding diaryl/α,β-unsaturated/α-hetero) is 1. The van der Waals surface area contributed by atoms with Gasteiger partial charge in [-0.2, -0.15) is 0 Å². The third-order valence-corrected chi connectivity index (χ3v) is 2.76. The molecule has 0 rings (SSSR count). The summed E-state index contributed by atoms with van der Waals surface area (Å²) in [5.41, 5.74) is 0. The van der Waals surface area contributed by atoms with Gasteiger partial charge in [0, 0.05) is 26.2 Å². The smallest absolute Gasteiger partial charge is 0.317 e. The summed E-state index contributed by atoms with van der Waals surface area (Å²) in [6.45, 7) is 3.15. The monoisotopic (exact) mass is 303 g/mol. The Kier molecular flexibility index (Phi) is 9.51. The lowest BCUT2D eigenvalue weighted by atomic mass is 10.3. The fraction of sp³-hybridized carbons (Fsp3) is 0.769. The van der Waals surface area contributed by atoms with E-state index in [1.54, 1.807) is 4.90 Å². The molecule has 0 amide bonds. The average Bonchev–Trinajstić information content (AvgIpc) is 2.30. The average molecular weight is 303 g/mol. The molecule has 0 saturated heterocycles. The lowest BCUT2D eigenvalue weighted by Gasteiger charge is -2.26. The molecule has 0 aromatic rings. The molecule has 21 heavy (non-hydrogen) atoms. The lowest BCUT2D eigenvalue weighted by Crippen LogP contribution is -2.43. The van der Waals surface area contributed by atoms with E-state index in [2.05, 4.69) is 0 Å². The lowest BCUT2D eigenvalue weighted by molar-refractivity contribution is -0.140. The van der Waals surface area contributed by atoms with E-state index in [0.717, 1.165) is 0 Å². The highest BCUT2D eigenvalue weighted by Crippen LogP contribution is 1.95. The SMILES string of the molecule is CC(=O)CN(CCN(CCN(C)C)CC(=O)O)CC(=O)O. The molecule has 8 nitrogen and oxygen atoms in total. The van der Waals surface area contributed by atoms with Crippen LogP contribution in [0.15, 0.2) is 0 Å². The van der Waals surface area contributed by atoms with Crippen molar-refractivity contribution in [1.82, 2.24) is 14.7 Å². The number of carbonyl (C=O) groups excluding carboxylic acids is 1. The molecule has 8 heteroatoms. The summed E-state index contributed by atoms with van der Waals surface area (Å²) >= 11 is 0. The quantitative estimate of drug-likeness (QED) is 0.469. The van der Waals surface area contributed by atoms with Gasteiger partial charge >= 0.3 is 11.9 Å². The van der Waals surface area contributed by atoms with Crippen LogP contribution in [0.25, 0.3) is 0 Å². The van der Waals surface area contributed by atoms with Crippen LogP contribution in [0.4, 0.5) is 0 Å². The fourth-order valence-corrected chi connectivity index (χ4v) is 1.81. The highest BCUT2D eigenvalue weighted by atomic mass is 16.4. The number of rotatable bonds is 12. The largest absolute Gasteiger partial charge is 0.480 e. The van der Waals surface area contributed by atoms with Crippen molar-refractivity contribution in [3.05, 3.63) is 0 Å². The van der Waals surface area contributed by atoms with Crippen LogP contribution < -0.4 is 0 Å². The predicted molar refractivity (Wildman–Crippen MR) is 77.4 cm³/mol. The number of nitrogens with zero attached hydrogens (tertiary/aromatic N) is 3. The molecule has 0 heterocycles. The summed E-state index contributed by atoms with van der Waals surface area (Å²) in [5.74, 6) is -2.05. The minimum atomic E-state index is -1.01. The highest BCUT2D eigenvalue weighted by molar-refractivity contribution is 5.78. The first-order valence-electron chi connectivity index (χ1n) is 6.73. The van der Waals surface area contributed by atoms with Crippen molar-refractivity contribution in [3.63, 3.8) is 0 Å². The summed E-state index contributed by atoms with van der Waals surface area (Å²) in [5, 5.41) is 17.7. The van der Waals surface area contributed by atoms with E-state index in [-0.39, 0.29) is 25.4 Å². The highest BCUT2D eigenvalue weighted by Gasteiger charge is 2.15. The predicted octanol–water partition coefficient (Wildman–Crippen LogP) is -1.09. The Morgan fingerprint density at radius 2 is 1.19 bits per heavy atom. The Bertz CT molecular complexity index is 344. The Morgan fingerprint density at radius 1 is 0.762 bits per heavy atom. The minimum Gasteiger partial charge on any atom is -0.480 e. The van der Waals surface area contributed by atoms with E-state index in [0.29, 0.717) is 26.2 Å². The molecule has 0 aliphatic rings. The van der Waals surface area contributed by atoms with Gasteiger partial charge in [-0.3, -0.25) is 24.2 Å². The van der Waals surface area contributed by atoms with E-state index < -0.39 is 11.9 Å². The van der Waals surface area contributed by atoms with Gasteiger partial charge in [0.2, 0.25) is 0 Å². The first-order chi connectivity index (χ1) is 9.70. The topological polar surface area (TPSA) is 101 Å². The van der Waals surface area contributed by atoms with E-state index in [1.165, 1.54) is 11.8 Å². The van der Waals surface area contributed by atoms with Gasteiger partial charge in [0.25, 0.3) is 0 Å². The van der Waals surface area contributed by atoms with Crippen LogP contribution in [-0.4, -0.2) is 103 Å². The van der Waals surface area contributed by atoms with Gasteiger partial charge in [0.1, 0.15) is 5.78 Å². The van der Waals surface area contributed by atoms with E-state index in [1.807, 2.05) is 19.0 Å². The Morgan fingerprint density at radius 3 is 1.62 bits per heavy atom. The van der Waals surface area contributed by atoms with Crippen LogP contribution in [0.3, 0.4) is 0 Å². The van der Waals surface area contributed by atoms with Gasteiger partial charge in [-0.05, 0) is 21.0 Å². The molecule has 122 valence electrons. The molecule has 0 saturated carbocycles. The second-order valence-corrected chi connectivity index (χ2v) is 5.28. The summed E-state index contributed by atoms with van der Waals surface area (Å²) in [6, 6.07) is 0. The van der Waals surface area contributed by atoms with Crippen molar-refractivity contribution in [2.24, 2.45) is 0 Å². The van der Waals surface area contributed by atoms with Gasteiger partial charge in [0.15, 0.2) is 0 Å². The summed E-state index contributed by atoms with van der Waals surface area (Å²) < 4.78 is 0. The van der Waals surface area contributed by atoms with E-state index >= 15 is 0 Å². The van der Waals surface area contributed by atoms with Crippen molar-refractivity contribution in [2.45, 2.75) is 6.92 Å². The number of aliphatic carboxylic acids is 2. The van der Waals surface area contributed by atoms with Gasteiger partial charge < -0.3 is 15.1 Å². The zero-order valence-electron chi connectivity index (χ0n) is 12.9. The first-order valence-corrected chi connectivity index (χ1v) is 6.73. The first kappa shape index (κ1) is 19.5. The molecule has 0 bridgehead atoms. The van der Waals surface area contributed by atoms with Crippen LogP contribution in [0.5, 0.6) is 0 Å². The summed E-state index contributed by atoms with van der Waals surface area (Å²) in [4.78, 5) is 37.9. The van der Waals surface area contributed by atoms with Crippen molar-refractivity contribution in [2.75, 3.05) is 59.9 Å². The standard InChI is InChI=1S/C13H25N3O5/c1-11(17)8-16(10-13(20)21)7-6-15(9-12(18)19)5-4-14(2)3/h4-10H2,1-3H3,(H,18,19)(H,20,21). The molecule has 0 aromatic heterocycles. The van der Waals surface area contributed by atoms with Gasteiger partial charge in [-0.15, -0.1) is 0 Å². The molecule has 0 unspecified atom stereocenters. The number of carbonyl (C=O) groups is 3. The molecule has 0 aliphatic carbocycles. The Hall–Kier alpha value is -1.51. The third kappa shape index (κ3) is 12.0. The van der Waals surface area contributed by atoms with Gasteiger partial charge in [-0.25, -0.2) is 0 Å². The zero-order chi connectivity index (χ0) is 16.4. The Labute approximate surface area is 124 Å². The molecule has 2 N–H and O–H groups in total. The molecule has 0 aromatic carbocycles. The fourth-order valence-electron chi connectivity index (χ4n) is 1.81. The maximum absolute atomic E-state index is 11.1. The molecule has 0 spiro atoms. The number of ketones is 1. The van der Waals surface area contributed by atoms with Crippen LogP contribution in [-0.2, 0) is 14.4 Å². The Balaban J connectivity index is 4.45. The molecule has 0 fully saturated rings. The minimum absolute atomic E-state index is 0.0564.